The van der Waals surface area contributed by atoms with Crippen molar-refractivity contribution < 1.29 is 0 Å². The van der Waals surface area contributed by atoms with E-state index in [0.29, 0.717) is 42.3 Å². The van der Waals surface area contributed by atoms with Crippen molar-refractivity contribution in [3.8, 4) is 0 Å². The molecule has 0 aliphatic carbocycles. The third-order valence-electron chi connectivity index (χ3n) is 5.06. The van der Waals surface area contributed by atoms with Crippen molar-refractivity contribution >= 4 is 34.8 Å². The highest BCUT2D eigenvalue weighted by Gasteiger charge is 2.28. The number of aromatic nitrogens is 3. The van der Waals surface area contributed by atoms with Gasteiger partial charge in [-0.2, -0.15) is 0 Å². The highest BCUT2D eigenvalue weighted by atomic mass is 35.5. The van der Waals surface area contributed by atoms with E-state index in [9.17, 15) is 4.79 Å². The Hall–Kier alpha value is -2.41. The Labute approximate surface area is 179 Å². The zero-order chi connectivity index (χ0) is 20.5. The van der Waals surface area contributed by atoms with Crippen molar-refractivity contribution in [2.75, 3.05) is 11.6 Å². The molecule has 29 heavy (non-hydrogen) atoms. The van der Waals surface area contributed by atoms with Crippen molar-refractivity contribution in [3.05, 3.63) is 79.9 Å². The summed E-state index contributed by atoms with van der Waals surface area (Å²) in [5.41, 5.74) is 3.30. The molecule has 1 aromatic carbocycles. The minimum atomic E-state index is -0.0130. The number of benzene rings is 1. The van der Waals surface area contributed by atoms with Crippen LogP contribution in [0.25, 0.3) is 0 Å². The number of fused-ring (bicyclic) bond motifs is 1. The normalized spacial score (nSPS) is 14.1. The fourth-order valence-electron chi connectivity index (χ4n) is 3.67. The van der Waals surface area contributed by atoms with Crippen LogP contribution in [0, 0.1) is 6.92 Å². The molecular weight excluding hydrogens is 409 g/mol. The van der Waals surface area contributed by atoms with Gasteiger partial charge in [-0.25, -0.2) is 4.98 Å². The Morgan fingerprint density at radius 3 is 2.69 bits per heavy atom. The van der Waals surface area contributed by atoms with Crippen LogP contribution in [-0.2, 0) is 19.6 Å². The Morgan fingerprint density at radius 1 is 1.17 bits per heavy atom. The zero-order valence-electron chi connectivity index (χ0n) is 16.3. The molecule has 6 nitrogen and oxygen atoms in total. The van der Waals surface area contributed by atoms with Crippen molar-refractivity contribution in [3.63, 3.8) is 0 Å². The van der Waals surface area contributed by atoms with Gasteiger partial charge in [-0.3, -0.25) is 24.1 Å². The topological polar surface area (TPSA) is 54.3 Å². The van der Waals surface area contributed by atoms with E-state index in [2.05, 4.69) is 9.88 Å². The molecule has 2 aromatic heterocycles. The van der Waals surface area contributed by atoms with Gasteiger partial charge in [0.15, 0.2) is 0 Å². The van der Waals surface area contributed by atoms with E-state index in [1.165, 1.54) is 0 Å². The summed E-state index contributed by atoms with van der Waals surface area (Å²) in [7, 11) is 0. The Bertz CT molecular complexity index is 1100. The van der Waals surface area contributed by atoms with Crippen LogP contribution in [0.3, 0.4) is 0 Å². The van der Waals surface area contributed by atoms with Crippen LogP contribution in [0.4, 0.5) is 11.6 Å². The molecule has 3 heterocycles. The lowest BCUT2D eigenvalue weighted by atomic mass is 10.2. The van der Waals surface area contributed by atoms with E-state index in [-0.39, 0.29) is 5.56 Å². The Kier molecular flexibility index (Phi) is 5.58. The fraction of sp³-hybridized carbons (Fsp3) is 0.286. The molecule has 0 saturated heterocycles. The van der Waals surface area contributed by atoms with Crippen molar-refractivity contribution in [2.24, 2.45) is 0 Å². The van der Waals surface area contributed by atoms with E-state index < -0.39 is 0 Å². The molecule has 3 aromatic rings. The quantitative estimate of drug-likeness (QED) is 0.615. The monoisotopic (exact) mass is 429 g/mol. The maximum Gasteiger partial charge on any atom is 0.259 e. The van der Waals surface area contributed by atoms with Crippen molar-refractivity contribution in [1.29, 1.82) is 0 Å². The second kappa shape index (κ2) is 8.14. The number of nitrogens with zero attached hydrogens (tertiary/aromatic N) is 5. The third-order valence-corrected chi connectivity index (χ3v) is 5.59. The molecule has 0 atom stereocenters. The van der Waals surface area contributed by atoms with Gasteiger partial charge in [-0.15, -0.1) is 0 Å². The maximum absolute atomic E-state index is 13.2. The summed E-state index contributed by atoms with van der Waals surface area (Å²) in [6.07, 6.45) is 4.23. The lowest BCUT2D eigenvalue weighted by Crippen LogP contribution is -2.47. The molecule has 150 valence electrons. The number of pyridine rings is 1. The summed E-state index contributed by atoms with van der Waals surface area (Å²) in [6, 6.07) is 9.29. The molecule has 0 radical (unpaired) electrons. The van der Waals surface area contributed by atoms with E-state index in [1.54, 1.807) is 22.9 Å². The number of hydrogen-bond donors (Lipinski definition) is 0. The smallest absolute Gasteiger partial charge is 0.259 e. The van der Waals surface area contributed by atoms with Crippen LogP contribution in [0.2, 0.25) is 10.0 Å². The highest BCUT2D eigenvalue weighted by Crippen LogP contribution is 2.35. The summed E-state index contributed by atoms with van der Waals surface area (Å²) < 4.78 is 1.72. The van der Waals surface area contributed by atoms with E-state index >= 15 is 0 Å². The fourth-order valence-corrected chi connectivity index (χ4v) is 4.18. The number of aryl methyl sites for hydroxylation is 1. The summed E-state index contributed by atoms with van der Waals surface area (Å²) in [6.45, 7) is 5.49. The number of halogens is 2. The molecule has 8 heteroatoms. The van der Waals surface area contributed by atoms with Crippen LogP contribution in [0.5, 0.6) is 0 Å². The molecule has 4 rings (SSSR count). The van der Waals surface area contributed by atoms with Crippen molar-refractivity contribution in [2.45, 2.75) is 33.5 Å². The summed E-state index contributed by atoms with van der Waals surface area (Å²) in [4.78, 5) is 26.3. The second-order valence-electron chi connectivity index (χ2n) is 7.06. The maximum atomic E-state index is 13.2. The molecule has 1 aliphatic heterocycles. The molecule has 0 unspecified atom stereocenters. The van der Waals surface area contributed by atoms with E-state index in [1.807, 2.05) is 43.1 Å². The van der Waals surface area contributed by atoms with E-state index in [0.717, 1.165) is 22.5 Å². The molecule has 0 amide bonds. The Morgan fingerprint density at radius 2 is 2.00 bits per heavy atom. The molecule has 0 N–H and O–H groups in total. The van der Waals surface area contributed by atoms with Gasteiger partial charge in [-0.05, 0) is 43.2 Å². The molecule has 0 fully saturated rings. The number of anilines is 2. The molecular formula is C21H21Cl2N5O. The molecule has 0 saturated carbocycles. The lowest BCUT2D eigenvalue weighted by molar-refractivity contribution is 0.189. The van der Waals surface area contributed by atoms with Gasteiger partial charge in [0, 0.05) is 35.2 Å². The predicted molar refractivity (Wildman–Crippen MR) is 116 cm³/mol. The first-order valence-corrected chi connectivity index (χ1v) is 10.2. The number of hydrogen-bond acceptors (Lipinski definition) is 5. The zero-order valence-corrected chi connectivity index (χ0v) is 17.8. The molecule has 0 spiro atoms. The first-order chi connectivity index (χ1) is 14.0. The van der Waals surface area contributed by atoms with Crippen LogP contribution in [-0.4, -0.2) is 26.1 Å². The van der Waals surface area contributed by atoms with E-state index in [4.69, 9.17) is 28.2 Å². The summed E-state index contributed by atoms with van der Waals surface area (Å²) in [5, 5.41) is 1.07. The summed E-state index contributed by atoms with van der Waals surface area (Å²) in [5.74, 6) is 0.594. The van der Waals surface area contributed by atoms with Gasteiger partial charge in [-0.1, -0.05) is 36.2 Å². The average Bonchev–Trinajstić information content (AvgIpc) is 2.69. The first-order valence-electron chi connectivity index (χ1n) is 9.42. The minimum Gasteiger partial charge on any atom is -0.297 e. The second-order valence-corrected chi connectivity index (χ2v) is 7.90. The molecule has 0 bridgehead atoms. The Balaban J connectivity index is 1.82. The third kappa shape index (κ3) is 3.88. The predicted octanol–water partition coefficient (Wildman–Crippen LogP) is 4.38. The first kappa shape index (κ1) is 19.9. The van der Waals surface area contributed by atoms with Crippen LogP contribution < -0.4 is 10.5 Å². The van der Waals surface area contributed by atoms with Crippen molar-refractivity contribution in [1.82, 2.24) is 19.4 Å². The van der Waals surface area contributed by atoms with Crippen LogP contribution in [0.1, 0.15) is 23.7 Å². The lowest BCUT2D eigenvalue weighted by Gasteiger charge is -2.38. The van der Waals surface area contributed by atoms with Gasteiger partial charge < -0.3 is 0 Å². The largest absolute Gasteiger partial charge is 0.297 e. The highest BCUT2D eigenvalue weighted by molar-refractivity contribution is 6.36. The standard InChI is InChI=1S/C21H21Cl2N5O/c1-3-17-14(2)25-21-27(19-7-6-16(22)9-18(19)23)12-26(13-28(21)20(17)29)11-15-5-4-8-24-10-15/h4-10H,3,11-13H2,1-2H3. The van der Waals surface area contributed by atoms with Gasteiger partial charge >= 0.3 is 0 Å². The SMILES string of the molecule is CCc1c(C)nc2n(c1=O)CN(Cc1cccnc1)CN2c1ccc(Cl)cc1Cl. The van der Waals surface area contributed by atoms with Crippen LogP contribution >= 0.6 is 23.2 Å². The van der Waals surface area contributed by atoms with Gasteiger partial charge in [0.05, 0.1) is 24.0 Å². The van der Waals surface area contributed by atoms with Crippen LogP contribution in [0.15, 0.2) is 47.5 Å². The number of rotatable bonds is 4. The molecule has 1 aliphatic rings. The van der Waals surface area contributed by atoms with Gasteiger partial charge in [0.2, 0.25) is 5.95 Å². The minimum absolute atomic E-state index is 0.0130. The van der Waals surface area contributed by atoms with Gasteiger partial charge in [0.25, 0.3) is 5.56 Å². The average molecular weight is 430 g/mol. The summed E-state index contributed by atoms with van der Waals surface area (Å²) >= 11 is 12.6. The van der Waals surface area contributed by atoms with Gasteiger partial charge in [0.1, 0.15) is 0 Å².